The van der Waals surface area contributed by atoms with Gasteiger partial charge in [-0.3, -0.25) is 24.2 Å². The predicted molar refractivity (Wildman–Crippen MR) is 186 cm³/mol. The molecule has 5 N–H and O–H groups in total. The summed E-state index contributed by atoms with van der Waals surface area (Å²) < 4.78 is 7.38. The third kappa shape index (κ3) is 8.91. The molecule has 2 fully saturated rings. The van der Waals surface area contributed by atoms with E-state index < -0.39 is 64.7 Å². The summed E-state index contributed by atoms with van der Waals surface area (Å²) in [6.07, 6.45) is 3.21. The van der Waals surface area contributed by atoms with Gasteiger partial charge in [-0.2, -0.15) is 0 Å². The fraction of sp³-hybridized carbons (Fsp3) is 0.514. The van der Waals surface area contributed by atoms with Crippen LogP contribution in [0.1, 0.15) is 67.2 Å². The summed E-state index contributed by atoms with van der Waals surface area (Å²) in [6, 6.07) is 5.52. The first-order chi connectivity index (χ1) is 23.0. The predicted octanol–water partition coefficient (Wildman–Crippen LogP) is 3.56. The summed E-state index contributed by atoms with van der Waals surface area (Å²) in [5.41, 5.74) is 6.03. The van der Waals surface area contributed by atoms with Gasteiger partial charge in [0.15, 0.2) is 0 Å². The van der Waals surface area contributed by atoms with Crippen molar-refractivity contribution in [3.63, 3.8) is 0 Å². The molecule has 2 unspecified atom stereocenters. The molecule has 0 spiro atoms. The minimum absolute atomic E-state index is 0.0250. The fourth-order valence-electron chi connectivity index (χ4n) is 5.89. The van der Waals surface area contributed by atoms with Crippen LogP contribution in [0.2, 0.25) is 0 Å². The van der Waals surface area contributed by atoms with Gasteiger partial charge in [-0.05, 0) is 62.1 Å². The molecule has 0 bridgehead atoms. The molecule has 0 radical (unpaired) electrons. The first kappa shape index (κ1) is 35.7. The molecule has 262 valence electrons. The first-order valence-corrected chi connectivity index (χ1v) is 17.4. The lowest BCUT2D eigenvalue weighted by atomic mass is 9.85. The summed E-state index contributed by atoms with van der Waals surface area (Å²) in [5, 5.41) is 10.3. The van der Waals surface area contributed by atoms with Gasteiger partial charge in [0.1, 0.15) is 23.9 Å². The number of thiophene rings is 1. The molecule has 3 aromatic heterocycles. The number of ketones is 1. The van der Waals surface area contributed by atoms with Crippen molar-refractivity contribution < 1.29 is 28.7 Å². The number of amides is 5. The maximum absolute atomic E-state index is 14.4. The number of nitrogens with two attached hydrogens (primary N) is 1. The fourth-order valence-corrected chi connectivity index (χ4v) is 6.69. The lowest BCUT2D eigenvalue weighted by Crippen LogP contribution is -2.61. The number of pyridine rings is 2. The van der Waals surface area contributed by atoms with Crippen LogP contribution in [0, 0.1) is 11.3 Å². The minimum Gasteiger partial charge on any atom is -0.487 e. The third-order valence-electron chi connectivity index (χ3n) is 8.47. The molecule has 1 saturated heterocycles. The number of aromatic nitrogens is 2. The van der Waals surface area contributed by atoms with E-state index in [1.54, 1.807) is 12.3 Å². The standard InChI is InChI=1S/C35H45N7O6S/c1-34(2,3)29(40-33(47)41-35(4,5)6)32(46)42-18-20(16-25(42)31(45)39-24(15-19-10-11-19)27(43)30(36)44)48-26-17-23(21-9-7-8-13-37-21)38-22-12-14-49-28(22)26/h7-9,12-14,17,19-20,24-25,29H,10-11,15-16,18H2,1-6H3,(H2,36,44)(H,39,45)(H2,40,41,47)/t20-,24?,25+,29?/m1/s1. The monoisotopic (exact) mass is 691 g/mol. The summed E-state index contributed by atoms with van der Waals surface area (Å²) in [6.45, 7) is 11.0. The Morgan fingerprint density at radius 3 is 2.39 bits per heavy atom. The van der Waals surface area contributed by atoms with E-state index in [0.717, 1.165) is 23.1 Å². The number of nitrogens with one attached hydrogen (secondary N) is 3. The van der Waals surface area contributed by atoms with Crippen molar-refractivity contribution >= 4 is 51.1 Å². The van der Waals surface area contributed by atoms with E-state index in [1.807, 2.05) is 71.2 Å². The van der Waals surface area contributed by atoms with Crippen molar-refractivity contribution in [2.75, 3.05) is 6.54 Å². The van der Waals surface area contributed by atoms with Crippen LogP contribution in [0.4, 0.5) is 4.79 Å². The second-order valence-electron chi connectivity index (χ2n) is 15.0. The number of urea groups is 1. The topological polar surface area (TPSA) is 186 Å². The Hall–Kier alpha value is -4.59. The van der Waals surface area contributed by atoms with E-state index in [1.165, 1.54) is 16.2 Å². The van der Waals surface area contributed by atoms with Gasteiger partial charge in [-0.25, -0.2) is 9.78 Å². The summed E-state index contributed by atoms with van der Waals surface area (Å²) in [7, 11) is 0. The van der Waals surface area contributed by atoms with E-state index in [-0.39, 0.29) is 25.3 Å². The maximum atomic E-state index is 14.4. The first-order valence-electron chi connectivity index (χ1n) is 16.5. The molecular formula is C35H45N7O6S. The van der Waals surface area contributed by atoms with Crippen LogP contribution in [0.3, 0.4) is 0 Å². The van der Waals surface area contributed by atoms with Crippen LogP contribution in [-0.4, -0.2) is 80.7 Å². The summed E-state index contributed by atoms with van der Waals surface area (Å²) in [4.78, 5) is 76.6. The third-order valence-corrected chi connectivity index (χ3v) is 9.38. The second kappa shape index (κ2) is 14.1. The number of hydrogen-bond donors (Lipinski definition) is 4. The average molecular weight is 692 g/mol. The van der Waals surface area contributed by atoms with Gasteiger partial charge >= 0.3 is 6.03 Å². The molecule has 5 amide bonds. The molecule has 2 aliphatic rings. The highest BCUT2D eigenvalue weighted by molar-refractivity contribution is 7.17. The molecule has 4 atom stereocenters. The molecule has 49 heavy (non-hydrogen) atoms. The number of nitrogens with zero attached hydrogens (tertiary/aromatic N) is 3. The zero-order valence-corrected chi connectivity index (χ0v) is 29.6. The average Bonchev–Trinajstić information content (AvgIpc) is 3.52. The van der Waals surface area contributed by atoms with Crippen molar-refractivity contribution in [3.8, 4) is 17.1 Å². The number of likely N-dealkylation sites (tertiary alicyclic amines) is 1. The minimum atomic E-state index is -1.13. The lowest BCUT2D eigenvalue weighted by Gasteiger charge is -2.36. The Bertz CT molecular complexity index is 1730. The van der Waals surface area contributed by atoms with Gasteiger partial charge in [-0.1, -0.05) is 39.7 Å². The Balaban J connectivity index is 1.46. The number of primary amides is 1. The van der Waals surface area contributed by atoms with E-state index in [9.17, 15) is 24.0 Å². The van der Waals surface area contributed by atoms with Gasteiger partial charge in [0, 0.05) is 24.2 Å². The number of hydrogen-bond acceptors (Lipinski definition) is 9. The quantitative estimate of drug-likeness (QED) is 0.220. The summed E-state index contributed by atoms with van der Waals surface area (Å²) in [5.74, 6) is -2.35. The van der Waals surface area contributed by atoms with Crippen molar-refractivity contribution in [1.82, 2.24) is 30.8 Å². The molecule has 1 aliphatic carbocycles. The summed E-state index contributed by atoms with van der Waals surface area (Å²) >= 11 is 1.46. The highest BCUT2D eigenvalue weighted by Gasteiger charge is 2.47. The highest BCUT2D eigenvalue weighted by atomic mass is 32.1. The van der Waals surface area contributed by atoms with Gasteiger partial charge < -0.3 is 31.3 Å². The van der Waals surface area contributed by atoms with Crippen LogP contribution in [0.25, 0.3) is 21.6 Å². The Labute approximate surface area is 289 Å². The van der Waals surface area contributed by atoms with Gasteiger partial charge in [0.05, 0.1) is 34.2 Å². The molecular weight excluding hydrogens is 646 g/mol. The molecule has 14 heteroatoms. The Morgan fingerprint density at radius 2 is 1.78 bits per heavy atom. The van der Waals surface area contributed by atoms with E-state index >= 15 is 0 Å². The Morgan fingerprint density at radius 1 is 1.04 bits per heavy atom. The highest BCUT2D eigenvalue weighted by Crippen LogP contribution is 2.37. The van der Waals surface area contributed by atoms with Crippen molar-refractivity contribution in [3.05, 3.63) is 41.9 Å². The molecule has 1 saturated carbocycles. The van der Waals surface area contributed by atoms with E-state index in [0.29, 0.717) is 17.1 Å². The smallest absolute Gasteiger partial charge is 0.315 e. The van der Waals surface area contributed by atoms with Crippen molar-refractivity contribution in [2.45, 2.75) is 97.0 Å². The second-order valence-corrected chi connectivity index (χ2v) is 15.9. The van der Waals surface area contributed by atoms with Crippen LogP contribution in [0.5, 0.6) is 5.75 Å². The number of Topliss-reactive ketones (excluding diaryl/α,β-unsaturated/α-hetero) is 1. The van der Waals surface area contributed by atoms with E-state index in [2.05, 4.69) is 20.9 Å². The molecule has 5 rings (SSSR count). The van der Waals surface area contributed by atoms with Crippen molar-refractivity contribution in [1.29, 1.82) is 0 Å². The molecule has 13 nitrogen and oxygen atoms in total. The van der Waals surface area contributed by atoms with Crippen LogP contribution in [-0.2, 0) is 19.2 Å². The number of ether oxygens (including phenoxy) is 1. The maximum Gasteiger partial charge on any atom is 0.315 e. The van der Waals surface area contributed by atoms with Gasteiger partial charge in [0.2, 0.25) is 17.6 Å². The molecule has 1 aliphatic heterocycles. The van der Waals surface area contributed by atoms with Gasteiger partial charge in [0.25, 0.3) is 5.91 Å². The lowest BCUT2D eigenvalue weighted by molar-refractivity contribution is -0.143. The number of carbonyl (C=O) groups excluding carboxylic acids is 5. The van der Waals surface area contributed by atoms with Crippen molar-refractivity contribution in [2.24, 2.45) is 17.1 Å². The van der Waals surface area contributed by atoms with Crippen LogP contribution in [0.15, 0.2) is 41.9 Å². The van der Waals surface area contributed by atoms with Crippen LogP contribution >= 0.6 is 11.3 Å². The SMILES string of the molecule is CC(C)(C)NC(=O)NC(C(=O)N1C[C@H](Oc2cc(-c3ccccn3)nc3ccsc23)C[C@H]1C(=O)NC(CC1CC1)C(=O)C(N)=O)C(C)(C)C. The largest absolute Gasteiger partial charge is 0.487 e. The zero-order chi connectivity index (χ0) is 35.7. The molecule has 0 aromatic carbocycles. The number of fused-ring (bicyclic) bond motifs is 1. The van der Waals surface area contributed by atoms with E-state index in [4.69, 9.17) is 15.5 Å². The van der Waals surface area contributed by atoms with Gasteiger partial charge in [-0.15, -0.1) is 11.3 Å². The molecule has 3 aromatic rings. The Kier molecular flexibility index (Phi) is 10.3. The normalized spacial score (nSPS) is 19.2. The number of rotatable bonds is 11. The number of carbonyl (C=O) groups is 5. The zero-order valence-electron chi connectivity index (χ0n) is 28.7. The molecule has 4 heterocycles. The van der Waals surface area contributed by atoms with Crippen LogP contribution < -0.4 is 26.4 Å².